The molecule has 0 saturated carbocycles. The van der Waals surface area contributed by atoms with Gasteiger partial charge < -0.3 is 10.4 Å². The molecule has 0 aromatic rings. The molecule has 0 aliphatic carbocycles. The van der Waals surface area contributed by atoms with Crippen molar-refractivity contribution in [2.45, 2.75) is 12.8 Å². The molecule has 1 heterocycles. The topological polar surface area (TPSA) is 66.4 Å². The summed E-state index contributed by atoms with van der Waals surface area (Å²) in [6, 6.07) is 0. The highest BCUT2D eigenvalue weighted by molar-refractivity contribution is 7.99. The first-order chi connectivity index (χ1) is 6.20. The summed E-state index contributed by atoms with van der Waals surface area (Å²) in [6.07, 6.45) is 1.74. The SMILES string of the molecule is O=C(O)CNC(=O)C1CCSCC1. The van der Waals surface area contributed by atoms with Crippen molar-refractivity contribution in [3.05, 3.63) is 0 Å². The summed E-state index contributed by atoms with van der Waals surface area (Å²) in [5, 5.41) is 10.7. The van der Waals surface area contributed by atoms with Crippen LogP contribution in [-0.2, 0) is 9.59 Å². The Hall–Kier alpha value is -0.710. The van der Waals surface area contributed by atoms with E-state index in [9.17, 15) is 9.59 Å². The van der Waals surface area contributed by atoms with E-state index >= 15 is 0 Å². The predicted molar refractivity (Wildman–Crippen MR) is 50.7 cm³/mol. The van der Waals surface area contributed by atoms with Crippen LogP contribution in [0.15, 0.2) is 0 Å². The molecule has 5 heteroatoms. The quantitative estimate of drug-likeness (QED) is 0.693. The highest BCUT2D eigenvalue weighted by Crippen LogP contribution is 2.22. The lowest BCUT2D eigenvalue weighted by atomic mass is 10.0. The van der Waals surface area contributed by atoms with E-state index < -0.39 is 5.97 Å². The van der Waals surface area contributed by atoms with Gasteiger partial charge in [0.05, 0.1) is 0 Å². The number of aliphatic carboxylic acids is 1. The number of carbonyl (C=O) groups excluding carboxylic acids is 1. The second-order valence-corrected chi connectivity index (χ2v) is 4.22. The third-order valence-corrected chi connectivity index (χ3v) is 3.05. The Morgan fingerprint density at radius 1 is 1.38 bits per heavy atom. The van der Waals surface area contributed by atoms with Gasteiger partial charge >= 0.3 is 5.97 Å². The van der Waals surface area contributed by atoms with Crippen LogP contribution >= 0.6 is 11.8 Å². The maximum Gasteiger partial charge on any atom is 0.322 e. The molecule has 0 radical (unpaired) electrons. The number of carbonyl (C=O) groups is 2. The molecule has 13 heavy (non-hydrogen) atoms. The zero-order valence-corrected chi connectivity index (χ0v) is 8.10. The minimum absolute atomic E-state index is 0.0283. The Morgan fingerprint density at radius 3 is 2.54 bits per heavy atom. The standard InChI is InChI=1S/C8H13NO3S/c10-7(11)5-9-8(12)6-1-3-13-4-2-6/h6H,1-5H2,(H,9,12)(H,10,11). The lowest BCUT2D eigenvalue weighted by Gasteiger charge is -2.19. The van der Waals surface area contributed by atoms with E-state index in [-0.39, 0.29) is 18.4 Å². The smallest absolute Gasteiger partial charge is 0.322 e. The Labute approximate surface area is 81.1 Å². The Bertz CT molecular complexity index is 202. The molecule has 1 saturated heterocycles. The summed E-state index contributed by atoms with van der Waals surface area (Å²) < 4.78 is 0. The fraction of sp³-hybridized carbons (Fsp3) is 0.750. The van der Waals surface area contributed by atoms with E-state index in [1.165, 1.54) is 0 Å². The van der Waals surface area contributed by atoms with Crippen LogP contribution in [-0.4, -0.2) is 35.0 Å². The maximum atomic E-state index is 11.3. The van der Waals surface area contributed by atoms with Gasteiger partial charge in [0.15, 0.2) is 0 Å². The van der Waals surface area contributed by atoms with Crippen molar-refractivity contribution < 1.29 is 14.7 Å². The predicted octanol–water partition coefficient (Wildman–Crippen LogP) is 0.330. The number of carboxylic acids is 1. The maximum absolute atomic E-state index is 11.3. The van der Waals surface area contributed by atoms with Crippen LogP contribution in [0.5, 0.6) is 0 Å². The second kappa shape index (κ2) is 5.11. The monoisotopic (exact) mass is 203 g/mol. The molecular formula is C8H13NO3S. The van der Waals surface area contributed by atoms with Gasteiger partial charge in [0, 0.05) is 5.92 Å². The summed E-state index contributed by atoms with van der Waals surface area (Å²) >= 11 is 1.84. The lowest BCUT2D eigenvalue weighted by Crippen LogP contribution is -2.36. The fourth-order valence-electron chi connectivity index (χ4n) is 1.27. The molecular weight excluding hydrogens is 190 g/mol. The van der Waals surface area contributed by atoms with Gasteiger partial charge in [-0.05, 0) is 24.3 Å². The first-order valence-electron chi connectivity index (χ1n) is 4.27. The van der Waals surface area contributed by atoms with Crippen LogP contribution in [0.4, 0.5) is 0 Å². The molecule has 0 bridgehead atoms. The van der Waals surface area contributed by atoms with Crippen LogP contribution in [0.25, 0.3) is 0 Å². The van der Waals surface area contributed by atoms with Crippen LogP contribution in [0, 0.1) is 5.92 Å². The molecule has 1 amide bonds. The zero-order valence-electron chi connectivity index (χ0n) is 7.28. The van der Waals surface area contributed by atoms with Crippen LogP contribution in [0.1, 0.15) is 12.8 Å². The first-order valence-corrected chi connectivity index (χ1v) is 5.43. The largest absolute Gasteiger partial charge is 0.480 e. The molecule has 0 aromatic heterocycles. The van der Waals surface area contributed by atoms with Gasteiger partial charge in [-0.25, -0.2) is 0 Å². The minimum atomic E-state index is -0.987. The normalized spacial score (nSPS) is 18.2. The van der Waals surface area contributed by atoms with Crippen molar-refractivity contribution in [2.75, 3.05) is 18.1 Å². The third kappa shape index (κ3) is 3.67. The van der Waals surface area contributed by atoms with Gasteiger partial charge in [-0.15, -0.1) is 0 Å². The van der Waals surface area contributed by atoms with Gasteiger partial charge in [-0.2, -0.15) is 11.8 Å². The molecule has 1 rings (SSSR count). The van der Waals surface area contributed by atoms with E-state index in [2.05, 4.69) is 5.32 Å². The van der Waals surface area contributed by atoms with Crippen LogP contribution in [0.3, 0.4) is 0 Å². The van der Waals surface area contributed by atoms with Gasteiger partial charge in [-0.3, -0.25) is 9.59 Å². The van der Waals surface area contributed by atoms with Crippen molar-refractivity contribution in [3.8, 4) is 0 Å². The molecule has 4 nitrogen and oxygen atoms in total. The Kier molecular flexibility index (Phi) is 4.08. The average Bonchev–Trinajstić information content (AvgIpc) is 2.15. The summed E-state index contributed by atoms with van der Waals surface area (Å²) in [7, 11) is 0. The molecule has 1 aliphatic rings. The van der Waals surface area contributed by atoms with Crippen molar-refractivity contribution in [2.24, 2.45) is 5.92 Å². The van der Waals surface area contributed by atoms with Gasteiger partial charge in [-0.1, -0.05) is 0 Å². The number of carboxylic acid groups (broad SMARTS) is 1. The molecule has 2 N–H and O–H groups in total. The van der Waals surface area contributed by atoms with E-state index in [1.807, 2.05) is 11.8 Å². The molecule has 1 aliphatic heterocycles. The Morgan fingerprint density at radius 2 is 2.00 bits per heavy atom. The highest BCUT2D eigenvalue weighted by Gasteiger charge is 2.21. The molecule has 1 fully saturated rings. The van der Waals surface area contributed by atoms with E-state index in [0.29, 0.717) is 0 Å². The summed E-state index contributed by atoms with van der Waals surface area (Å²) in [4.78, 5) is 21.5. The number of nitrogens with one attached hydrogen (secondary N) is 1. The molecule has 0 unspecified atom stereocenters. The van der Waals surface area contributed by atoms with Crippen molar-refractivity contribution in [1.29, 1.82) is 0 Å². The third-order valence-electron chi connectivity index (χ3n) is 2.01. The number of rotatable bonds is 3. The average molecular weight is 203 g/mol. The van der Waals surface area contributed by atoms with Gasteiger partial charge in [0.25, 0.3) is 0 Å². The van der Waals surface area contributed by atoms with Crippen LogP contribution < -0.4 is 5.32 Å². The van der Waals surface area contributed by atoms with E-state index in [4.69, 9.17) is 5.11 Å². The fourth-order valence-corrected chi connectivity index (χ4v) is 2.37. The summed E-state index contributed by atoms with van der Waals surface area (Å²) in [5.41, 5.74) is 0. The van der Waals surface area contributed by atoms with Crippen molar-refractivity contribution in [3.63, 3.8) is 0 Å². The molecule has 0 aromatic carbocycles. The van der Waals surface area contributed by atoms with Gasteiger partial charge in [0.2, 0.25) is 5.91 Å². The lowest BCUT2D eigenvalue weighted by molar-refractivity contribution is -0.138. The molecule has 0 atom stereocenters. The van der Waals surface area contributed by atoms with E-state index in [1.54, 1.807) is 0 Å². The second-order valence-electron chi connectivity index (χ2n) is 3.00. The van der Waals surface area contributed by atoms with Gasteiger partial charge in [0.1, 0.15) is 6.54 Å². The van der Waals surface area contributed by atoms with Crippen molar-refractivity contribution in [1.82, 2.24) is 5.32 Å². The Balaban J connectivity index is 2.25. The molecule has 74 valence electrons. The number of amides is 1. The van der Waals surface area contributed by atoms with Crippen molar-refractivity contribution >= 4 is 23.6 Å². The molecule has 0 spiro atoms. The number of hydrogen-bond acceptors (Lipinski definition) is 3. The number of thioether (sulfide) groups is 1. The van der Waals surface area contributed by atoms with Crippen LogP contribution in [0.2, 0.25) is 0 Å². The summed E-state index contributed by atoms with van der Waals surface area (Å²) in [6.45, 7) is -0.261. The number of hydrogen-bond donors (Lipinski definition) is 2. The summed E-state index contributed by atoms with van der Waals surface area (Å²) in [5.74, 6) is 0.942. The first kappa shape index (κ1) is 10.4. The zero-order chi connectivity index (χ0) is 9.68. The minimum Gasteiger partial charge on any atom is -0.480 e. The highest BCUT2D eigenvalue weighted by atomic mass is 32.2. The van der Waals surface area contributed by atoms with E-state index in [0.717, 1.165) is 24.3 Å².